The van der Waals surface area contributed by atoms with E-state index in [1.54, 1.807) is 13.0 Å². The van der Waals surface area contributed by atoms with Crippen LogP contribution < -0.4 is 5.32 Å². The van der Waals surface area contributed by atoms with Crippen molar-refractivity contribution in [1.82, 2.24) is 14.8 Å². The minimum atomic E-state index is -0.570. The fourth-order valence-electron chi connectivity index (χ4n) is 2.84. The molecule has 3 rings (SSSR count). The van der Waals surface area contributed by atoms with Crippen molar-refractivity contribution in [3.8, 4) is 0 Å². The summed E-state index contributed by atoms with van der Waals surface area (Å²) in [5, 5.41) is 19.0. The Morgan fingerprint density at radius 3 is 2.72 bits per heavy atom. The highest BCUT2D eigenvalue weighted by molar-refractivity contribution is 6.10. The maximum Gasteiger partial charge on any atom is 0.322 e. The Kier molecular flexibility index (Phi) is 4.18. The molecular weight excluding hydrogens is 322 g/mol. The smallest absolute Gasteiger partial charge is 0.320 e. The molecule has 8 nitrogen and oxygen atoms in total. The van der Waals surface area contributed by atoms with E-state index in [-0.39, 0.29) is 17.1 Å². The Hall–Kier alpha value is -3.29. The zero-order valence-electron chi connectivity index (χ0n) is 14.1. The van der Waals surface area contributed by atoms with Crippen molar-refractivity contribution < 1.29 is 9.72 Å². The van der Waals surface area contributed by atoms with Crippen molar-refractivity contribution >= 4 is 28.2 Å². The van der Waals surface area contributed by atoms with Crippen LogP contribution in [-0.2, 0) is 6.54 Å². The van der Waals surface area contributed by atoms with Gasteiger partial charge in [-0.2, -0.15) is 5.10 Å². The molecule has 0 fully saturated rings. The molecule has 0 aliphatic heterocycles. The van der Waals surface area contributed by atoms with Gasteiger partial charge in [0.05, 0.1) is 16.1 Å². The predicted molar refractivity (Wildman–Crippen MR) is 93.7 cm³/mol. The number of nitro groups is 1. The number of fused-ring (bicyclic) bond motifs is 1. The minimum Gasteiger partial charge on any atom is -0.320 e. The molecule has 128 valence electrons. The van der Waals surface area contributed by atoms with Crippen molar-refractivity contribution in [2.24, 2.45) is 0 Å². The van der Waals surface area contributed by atoms with Crippen LogP contribution >= 0.6 is 0 Å². The second kappa shape index (κ2) is 6.31. The highest BCUT2D eigenvalue weighted by atomic mass is 16.6. The summed E-state index contributed by atoms with van der Waals surface area (Å²) >= 11 is 0. The van der Waals surface area contributed by atoms with E-state index in [2.05, 4.69) is 15.4 Å². The first kappa shape index (κ1) is 16.6. The molecule has 0 saturated heterocycles. The number of carbonyl (C=O) groups is 1. The highest BCUT2D eigenvalue weighted by Crippen LogP contribution is 2.27. The standard InChI is InChI=1S/C17H17N5O3/c1-4-21-16(15(22(24)25)11(3)20-21)17(23)19-14-9-10(2)18-13-8-6-5-7-12(13)14/h5-9H,4H2,1-3H3,(H,18,19,23). The maximum absolute atomic E-state index is 12.8. The van der Waals surface area contributed by atoms with E-state index < -0.39 is 10.8 Å². The third-order valence-electron chi connectivity index (χ3n) is 3.89. The van der Waals surface area contributed by atoms with E-state index in [9.17, 15) is 14.9 Å². The zero-order valence-corrected chi connectivity index (χ0v) is 14.1. The van der Waals surface area contributed by atoms with Gasteiger partial charge in [0, 0.05) is 17.6 Å². The molecule has 0 aliphatic rings. The van der Waals surface area contributed by atoms with Crippen LogP contribution in [0.2, 0.25) is 0 Å². The van der Waals surface area contributed by atoms with Gasteiger partial charge in [-0.15, -0.1) is 0 Å². The largest absolute Gasteiger partial charge is 0.322 e. The molecule has 0 bridgehead atoms. The van der Waals surface area contributed by atoms with Gasteiger partial charge in [-0.05, 0) is 32.9 Å². The molecule has 0 aliphatic carbocycles. The summed E-state index contributed by atoms with van der Waals surface area (Å²) in [6.45, 7) is 5.48. The van der Waals surface area contributed by atoms with E-state index in [1.807, 2.05) is 31.2 Å². The molecule has 2 heterocycles. The molecule has 0 spiro atoms. The molecule has 8 heteroatoms. The van der Waals surface area contributed by atoms with Gasteiger partial charge < -0.3 is 5.32 Å². The number of nitrogens with one attached hydrogen (secondary N) is 1. The normalized spacial score (nSPS) is 10.8. The lowest BCUT2D eigenvalue weighted by molar-refractivity contribution is -0.385. The molecule has 0 saturated carbocycles. The van der Waals surface area contributed by atoms with Crippen molar-refractivity contribution in [1.29, 1.82) is 0 Å². The number of para-hydroxylation sites is 1. The molecule has 2 aromatic heterocycles. The summed E-state index contributed by atoms with van der Waals surface area (Å²) in [6, 6.07) is 9.14. The van der Waals surface area contributed by atoms with Gasteiger partial charge in [0.25, 0.3) is 5.91 Å². The summed E-state index contributed by atoms with van der Waals surface area (Å²) < 4.78 is 1.35. The van der Waals surface area contributed by atoms with E-state index in [0.717, 1.165) is 16.6 Å². The monoisotopic (exact) mass is 339 g/mol. The van der Waals surface area contributed by atoms with E-state index in [0.29, 0.717) is 12.2 Å². The lowest BCUT2D eigenvalue weighted by Gasteiger charge is -2.10. The number of pyridine rings is 1. The average Bonchev–Trinajstić information content (AvgIpc) is 2.91. The Morgan fingerprint density at radius 1 is 1.32 bits per heavy atom. The lowest BCUT2D eigenvalue weighted by Crippen LogP contribution is -2.19. The van der Waals surface area contributed by atoms with Crippen molar-refractivity contribution in [2.45, 2.75) is 27.3 Å². The first-order valence-electron chi connectivity index (χ1n) is 7.82. The van der Waals surface area contributed by atoms with Gasteiger partial charge in [-0.25, -0.2) is 0 Å². The van der Waals surface area contributed by atoms with Crippen LogP contribution in [0, 0.1) is 24.0 Å². The van der Waals surface area contributed by atoms with Crippen molar-refractivity contribution in [3.05, 3.63) is 57.5 Å². The van der Waals surface area contributed by atoms with Gasteiger partial charge in [-0.3, -0.25) is 24.6 Å². The first-order valence-corrected chi connectivity index (χ1v) is 7.82. The van der Waals surface area contributed by atoms with E-state index >= 15 is 0 Å². The number of benzene rings is 1. The zero-order chi connectivity index (χ0) is 18.1. The molecule has 25 heavy (non-hydrogen) atoms. The van der Waals surface area contributed by atoms with Crippen LogP contribution in [0.5, 0.6) is 0 Å². The molecule has 1 N–H and O–H groups in total. The van der Waals surface area contributed by atoms with Gasteiger partial charge in [0.2, 0.25) is 5.69 Å². The third kappa shape index (κ3) is 2.93. The summed E-state index contributed by atoms with van der Waals surface area (Å²) in [4.78, 5) is 28.0. The summed E-state index contributed by atoms with van der Waals surface area (Å²) in [7, 11) is 0. The van der Waals surface area contributed by atoms with Crippen LogP contribution in [-0.4, -0.2) is 25.6 Å². The van der Waals surface area contributed by atoms with Gasteiger partial charge >= 0.3 is 5.69 Å². The number of amides is 1. The fraction of sp³-hybridized carbons (Fsp3) is 0.235. The van der Waals surface area contributed by atoms with E-state index in [1.165, 1.54) is 11.6 Å². The Balaban J connectivity index is 2.09. The molecule has 0 atom stereocenters. The number of anilines is 1. The molecule has 1 aromatic carbocycles. The third-order valence-corrected chi connectivity index (χ3v) is 3.89. The molecule has 3 aromatic rings. The molecular formula is C17H17N5O3. The second-order valence-electron chi connectivity index (χ2n) is 5.64. The molecule has 0 radical (unpaired) electrons. The SMILES string of the molecule is CCn1nc(C)c([N+](=O)[O-])c1C(=O)Nc1cc(C)nc2ccccc12. The lowest BCUT2D eigenvalue weighted by atomic mass is 10.1. The van der Waals surface area contributed by atoms with E-state index in [4.69, 9.17) is 0 Å². The van der Waals surface area contributed by atoms with Crippen LogP contribution in [0.15, 0.2) is 30.3 Å². The van der Waals surface area contributed by atoms with Crippen LogP contribution in [0.4, 0.5) is 11.4 Å². The molecule has 1 amide bonds. The number of nitrogens with zero attached hydrogens (tertiary/aromatic N) is 4. The Morgan fingerprint density at radius 2 is 2.04 bits per heavy atom. The first-order chi connectivity index (χ1) is 11.9. The predicted octanol–water partition coefficient (Wildman–Crippen LogP) is 3.23. The summed E-state index contributed by atoms with van der Waals surface area (Å²) in [5.41, 5.74) is 1.94. The number of carbonyl (C=O) groups excluding carboxylic acids is 1. The van der Waals surface area contributed by atoms with Crippen LogP contribution in [0.1, 0.15) is 28.8 Å². The second-order valence-corrected chi connectivity index (χ2v) is 5.64. The average molecular weight is 339 g/mol. The number of aryl methyl sites for hydroxylation is 3. The van der Waals surface area contributed by atoms with Gasteiger partial charge in [-0.1, -0.05) is 18.2 Å². The number of aromatic nitrogens is 3. The minimum absolute atomic E-state index is 0.0523. The highest BCUT2D eigenvalue weighted by Gasteiger charge is 2.30. The topological polar surface area (TPSA) is 103 Å². The molecule has 0 unspecified atom stereocenters. The quantitative estimate of drug-likeness (QED) is 0.580. The van der Waals surface area contributed by atoms with Crippen molar-refractivity contribution in [2.75, 3.05) is 5.32 Å². The summed E-state index contributed by atoms with van der Waals surface area (Å²) in [5.74, 6) is -0.565. The van der Waals surface area contributed by atoms with Crippen LogP contribution in [0.25, 0.3) is 10.9 Å². The van der Waals surface area contributed by atoms with Crippen LogP contribution in [0.3, 0.4) is 0 Å². The maximum atomic E-state index is 12.8. The fourth-order valence-corrected chi connectivity index (χ4v) is 2.84. The Bertz CT molecular complexity index is 993. The van der Waals surface area contributed by atoms with Gasteiger partial charge in [0.1, 0.15) is 5.69 Å². The number of hydrogen-bond acceptors (Lipinski definition) is 5. The number of rotatable bonds is 4. The van der Waals surface area contributed by atoms with Crippen molar-refractivity contribution in [3.63, 3.8) is 0 Å². The van der Waals surface area contributed by atoms with Gasteiger partial charge in [0.15, 0.2) is 0 Å². The number of hydrogen-bond donors (Lipinski definition) is 1. The Labute approximate surface area is 143 Å². The summed E-state index contributed by atoms with van der Waals surface area (Å²) in [6.07, 6.45) is 0.